The third kappa shape index (κ3) is 3.91. The van der Waals surface area contributed by atoms with E-state index >= 15 is 0 Å². The fraction of sp³-hybridized carbons (Fsp3) is 0.471. The highest BCUT2D eigenvalue weighted by Crippen LogP contribution is 2.40. The highest BCUT2D eigenvalue weighted by Gasteiger charge is 2.41. The summed E-state index contributed by atoms with van der Waals surface area (Å²) in [7, 11) is -4.18. The maximum absolute atomic E-state index is 12.8. The lowest BCUT2D eigenvalue weighted by molar-refractivity contribution is 0.127. The van der Waals surface area contributed by atoms with E-state index in [1.54, 1.807) is 0 Å². The van der Waals surface area contributed by atoms with Gasteiger partial charge in [-0.15, -0.1) is 0 Å². The minimum absolute atomic E-state index is 0.0940. The zero-order chi connectivity index (χ0) is 19.8. The second-order valence-electron chi connectivity index (χ2n) is 6.64. The summed E-state index contributed by atoms with van der Waals surface area (Å²) in [6, 6.07) is 1.91. The molecule has 4 N–H and O–H groups in total. The number of hydrogen-bond acceptors (Lipinski definition) is 6. The molecule has 1 aliphatic heterocycles. The molecule has 2 aliphatic rings. The highest BCUT2D eigenvalue weighted by molar-refractivity contribution is 7.92. The number of rotatable bonds is 4. The highest BCUT2D eigenvalue weighted by atomic mass is 35.5. The van der Waals surface area contributed by atoms with Crippen LogP contribution >= 0.6 is 11.6 Å². The summed E-state index contributed by atoms with van der Waals surface area (Å²) in [6.07, 6.45) is 2.47. The minimum atomic E-state index is -4.18. The first kappa shape index (κ1) is 19.9. The number of anilines is 1. The number of amides is 2. The number of ether oxygens (including phenoxy) is 1. The molecule has 1 heterocycles. The topological polar surface area (TPSA) is 125 Å². The third-order valence-electron chi connectivity index (χ3n) is 4.79. The van der Waals surface area contributed by atoms with E-state index in [1.807, 2.05) is 13.0 Å². The Kier molecular flexibility index (Phi) is 5.66. The molecule has 0 unspecified atom stereocenters. The van der Waals surface area contributed by atoms with E-state index in [0.717, 1.165) is 18.4 Å². The number of aromatic hydroxyl groups is 1. The molecular weight excluding hydrogens is 396 g/mol. The van der Waals surface area contributed by atoms with Crippen LogP contribution in [0.2, 0.25) is 5.02 Å². The van der Waals surface area contributed by atoms with E-state index < -0.39 is 37.9 Å². The lowest BCUT2D eigenvalue weighted by Crippen LogP contribution is -2.37. The number of aliphatic hydroxyl groups is 1. The van der Waals surface area contributed by atoms with Crippen LogP contribution in [0.1, 0.15) is 19.8 Å². The number of carbonyl (C=O) groups is 1. The monoisotopic (exact) mass is 416 g/mol. The summed E-state index contributed by atoms with van der Waals surface area (Å²) in [4.78, 5) is 11.7. The fourth-order valence-electron chi connectivity index (χ4n) is 3.24. The number of aliphatic hydroxyl groups excluding tert-OH is 1. The third-order valence-corrected chi connectivity index (χ3v) is 7.45. The maximum Gasteiger partial charge on any atom is 0.319 e. The van der Waals surface area contributed by atoms with Gasteiger partial charge in [-0.25, -0.2) is 13.2 Å². The number of phenolic OH excluding ortho intramolecular Hbond substituents is 1. The van der Waals surface area contributed by atoms with Crippen molar-refractivity contribution in [3.63, 3.8) is 0 Å². The standard InChI is InChI=1S/C17H21ClN2O6S/c1-9-3-2-4-11(9)19-17(23)20-12-6-5-10(18)16(15(12)22)27(24,25)14-8-26-7-13(14)21/h3,5-6,11,13-14,21-22H,2,4,7-8H2,1H3,(H2,19,20,23)/t11-,13+,14-/m1/s1. The molecule has 2 amide bonds. The largest absolute Gasteiger partial charge is 0.504 e. The Labute approximate surface area is 162 Å². The van der Waals surface area contributed by atoms with Gasteiger partial charge in [-0.1, -0.05) is 23.3 Å². The number of urea groups is 1. The molecule has 8 nitrogen and oxygen atoms in total. The molecule has 1 aromatic carbocycles. The lowest BCUT2D eigenvalue weighted by atomic mass is 10.2. The molecule has 3 rings (SSSR count). The van der Waals surface area contributed by atoms with Crippen LogP contribution in [-0.2, 0) is 14.6 Å². The molecule has 3 atom stereocenters. The molecule has 0 spiro atoms. The van der Waals surface area contributed by atoms with Crippen LogP contribution in [0.3, 0.4) is 0 Å². The number of halogens is 1. The van der Waals surface area contributed by atoms with Crippen molar-refractivity contribution in [2.45, 2.75) is 42.1 Å². The minimum Gasteiger partial charge on any atom is -0.504 e. The van der Waals surface area contributed by atoms with Gasteiger partial charge < -0.3 is 25.6 Å². The van der Waals surface area contributed by atoms with Gasteiger partial charge in [0.15, 0.2) is 15.6 Å². The van der Waals surface area contributed by atoms with Crippen molar-refractivity contribution in [1.29, 1.82) is 0 Å². The number of sulfone groups is 1. The van der Waals surface area contributed by atoms with Crippen LogP contribution in [0, 0.1) is 0 Å². The molecule has 148 valence electrons. The van der Waals surface area contributed by atoms with Crippen molar-refractivity contribution < 1.29 is 28.2 Å². The molecular formula is C17H21ClN2O6S. The Balaban J connectivity index is 1.85. The van der Waals surface area contributed by atoms with Gasteiger partial charge in [0.2, 0.25) is 0 Å². The van der Waals surface area contributed by atoms with Crippen LogP contribution in [0.5, 0.6) is 5.75 Å². The first-order valence-corrected chi connectivity index (χ1v) is 10.4. The summed E-state index contributed by atoms with van der Waals surface area (Å²) in [5.74, 6) is -0.671. The van der Waals surface area contributed by atoms with Gasteiger partial charge in [0.1, 0.15) is 10.1 Å². The summed E-state index contributed by atoms with van der Waals surface area (Å²) in [6.45, 7) is 1.60. The van der Waals surface area contributed by atoms with Crippen molar-refractivity contribution >= 4 is 33.2 Å². The van der Waals surface area contributed by atoms with Crippen molar-refractivity contribution in [2.24, 2.45) is 0 Å². The van der Waals surface area contributed by atoms with Gasteiger partial charge in [0.25, 0.3) is 0 Å². The molecule has 1 aromatic rings. The predicted molar refractivity (Wildman–Crippen MR) is 99.8 cm³/mol. The van der Waals surface area contributed by atoms with E-state index in [4.69, 9.17) is 16.3 Å². The van der Waals surface area contributed by atoms with E-state index in [1.165, 1.54) is 12.1 Å². The van der Waals surface area contributed by atoms with E-state index in [-0.39, 0.29) is 30.0 Å². The van der Waals surface area contributed by atoms with Crippen LogP contribution in [-0.4, -0.2) is 55.3 Å². The van der Waals surface area contributed by atoms with Crippen molar-refractivity contribution in [3.8, 4) is 5.75 Å². The Morgan fingerprint density at radius 2 is 2.07 bits per heavy atom. The summed E-state index contributed by atoms with van der Waals surface area (Å²) in [5.41, 5.74) is 0.951. The summed E-state index contributed by atoms with van der Waals surface area (Å²) < 4.78 is 30.6. The first-order valence-electron chi connectivity index (χ1n) is 8.47. The molecule has 0 bridgehead atoms. The molecule has 0 radical (unpaired) electrons. The number of phenols is 1. The van der Waals surface area contributed by atoms with Crippen LogP contribution in [0.25, 0.3) is 0 Å². The number of carbonyl (C=O) groups excluding carboxylic acids is 1. The smallest absolute Gasteiger partial charge is 0.319 e. The SMILES string of the molecule is CC1=CCC[C@H]1NC(=O)Nc1ccc(Cl)c(S(=O)(=O)[C@@H]2COC[C@@H]2O)c1O. The van der Waals surface area contributed by atoms with Gasteiger partial charge in [-0.3, -0.25) is 0 Å². The molecule has 0 aromatic heterocycles. The van der Waals surface area contributed by atoms with Crippen LogP contribution in [0.4, 0.5) is 10.5 Å². The number of hydrogen-bond donors (Lipinski definition) is 4. The Morgan fingerprint density at radius 3 is 2.67 bits per heavy atom. The number of benzene rings is 1. The lowest BCUT2D eigenvalue weighted by Gasteiger charge is -2.19. The summed E-state index contributed by atoms with van der Waals surface area (Å²) >= 11 is 6.01. The van der Waals surface area contributed by atoms with Gasteiger partial charge in [0.05, 0.1) is 36.1 Å². The van der Waals surface area contributed by atoms with Crippen LogP contribution < -0.4 is 10.6 Å². The first-order chi connectivity index (χ1) is 12.7. The average Bonchev–Trinajstić information content (AvgIpc) is 3.19. The van der Waals surface area contributed by atoms with Gasteiger partial charge in [-0.05, 0) is 31.9 Å². The summed E-state index contributed by atoms with van der Waals surface area (Å²) in [5, 5.41) is 24.1. The Morgan fingerprint density at radius 1 is 1.33 bits per heavy atom. The zero-order valence-corrected chi connectivity index (χ0v) is 16.2. The fourth-order valence-corrected chi connectivity index (χ4v) is 5.50. The zero-order valence-electron chi connectivity index (χ0n) is 14.6. The normalized spacial score (nSPS) is 25.3. The predicted octanol–water partition coefficient (Wildman–Crippen LogP) is 1.81. The van der Waals surface area contributed by atoms with Gasteiger partial charge in [-0.2, -0.15) is 0 Å². The van der Waals surface area contributed by atoms with Crippen molar-refractivity contribution in [3.05, 3.63) is 28.8 Å². The van der Waals surface area contributed by atoms with Crippen molar-refractivity contribution in [2.75, 3.05) is 18.5 Å². The van der Waals surface area contributed by atoms with Gasteiger partial charge in [0, 0.05) is 0 Å². The second-order valence-corrected chi connectivity index (χ2v) is 9.15. The number of allylic oxidation sites excluding steroid dienone is 1. The van der Waals surface area contributed by atoms with Crippen molar-refractivity contribution in [1.82, 2.24) is 5.32 Å². The quantitative estimate of drug-likeness (QED) is 0.438. The van der Waals surface area contributed by atoms with E-state index in [2.05, 4.69) is 10.6 Å². The molecule has 1 aliphatic carbocycles. The maximum atomic E-state index is 12.8. The second kappa shape index (κ2) is 7.67. The molecule has 10 heteroatoms. The number of nitrogens with one attached hydrogen (secondary N) is 2. The average molecular weight is 417 g/mol. The van der Waals surface area contributed by atoms with Gasteiger partial charge >= 0.3 is 6.03 Å². The molecule has 1 saturated heterocycles. The molecule has 27 heavy (non-hydrogen) atoms. The Bertz CT molecular complexity index is 886. The van der Waals surface area contributed by atoms with Crippen LogP contribution in [0.15, 0.2) is 28.7 Å². The molecule has 1 fully saturated rings. The van der Waals surface area contributed by atoms with E-state index in [0.29, 0.717) is 0 Å². The van der Waals surface area contributed by atoms with E-state index in [9.17, 15) is 23.4 Å². The Hall–Kier alpha value is -1.81. The molecule has 0 saturated carbocycles.